The van der Waals surface area contributed by atoms with Crippen LogP contribution in [0.2, 0.25) is 5.15 Å². The first kappa shape index (κ1) is 14.1. The van der Waals surface area contributed by atoms with Crippen LogP contribution in [0.4, 0.5) is 0 Å². The SMILES string of the molecule is Cc1cc(Br)ccc1-n1nc(C(C)C)c(C#N)c1Cl. The monoisotopic (exact) mass is 337 g/mol. The van der Waals surface area contributed by atoms with Crippen molar-refractivity contribution in [1.29, 1.82) is 5.26 Å². The van der Waals surface area contributed by atoms with Gasteiger partial charge in [-0.3, -0.25) is 0 Å². The summed E-state index contributed by atoms with van der Waals surface area (Å²) in [6.45, 7) is 5.98. The highest BCUT2D eigenvalue weighted by atomic mass is 79.9. The Bertz CT molecular complexity index is 668. The van der Waals surface area contributed by atoms with Gasteiger partial charge in [0.2, 0.25) is 0 Å². The van der Waals surface area contributed by atoms with Crippen molar-refractivity contribution in [2.75, 3.05) is 0 Å². The summed E-state index contributed by atoms with van der Waals surface area (Å²) in [5.74, 6) is 0.157. The van der Waals surface area contributed by atoms with Crippen LogP contribution in [-0.4, -0.2) is 9.78 Å². The molecule has 19 heavy (non-hydrogen) atoms. The average Bonchev–Trinajstić information content (AvgIpc) is 2.66. The minimum absolute atomic E-state index is 0.157. The summed E-state index contributed by atoms with van der Waals surface area (Å²) in [5, 5.41) is 14.1. The number of nitrogens with zero attached hydrogens (tertiary/aromatic N) is 3. The third-order valence-electron chi connectivity index (χ3n) is 2.90. The number of halogens is 2. The lowest BCUT2D eigenvalue weighted by molar-refractivity contribution is 0.765. The highest BCUT2D eigenvalue weighted by Crippen LogP contribution is 2.29. The van der Waals surface area contributed by atoms with Gasteiger partial charge in [-0.2, -0.15) is 10.4 Å². The molecule has 2 rings (SSSR count). The van der Waals surface area contributed by atoms with Crippen LogP contribution in [0.5, 0.6) is 0 Å². The van der Waals surface area contributed by atoms with E-state index < -0.39 is 0 Å². The van der Waals surface area contributed by atoms with Crippen LogP contribution in [0.1, 0.15) is 36.6 Å². The first-order valence-electron chi connectivity index (χ1n) is 5.90. The predicted octanol–water partition coefficient (Wildman–Crippen LogP) is 4.59. The van der Waals surface area contributed by atoms with Crippen LogP contribution in [0, 0.1) is 18.3 Å². The minimum atomic E-state index is 0.157. The maximum atomic E-state index is 9.23. The highest BCUT2D eigenvalue weighted by Gasteiger charge is 2.20. The van der Waals surface area contributed by atoms with Crippen molar-refractivity contribution in [1.82, 2.24) is 9.78 Å². The minimum Gasteiger partial charge on any atom is -0.220 e. The van der Waals surface area contributed by atoms with Gasteiger partial charge in [-0.25, -0.2) is 4.68 Å². The topological polar surface area (TPSA) is 41.6 Å². The zero-order valence-corrected chi connectivity index (χ0v) is 13.2. The first-order chi connectivity index (χ1) is 8.95. The molecule has 5 heteroatoms. The third kappa shape index (κ3) is 2.54. The van der Waals surface area contributed by atoms with E-state index in [9.17, 15) is 5.26 Å². The molecule has 0 spiro atoms. The summed E-state index contributed by atoms with van der Waals surface area (Å²) >= 11 is 9.72. The van der Waals surface area contributed by atoms with Gasteiger partial charge in [0.1, 0.15) is 11.6 Å². The smallest absolute Gasteiger partial charge is 0.150 e. The maximum Gasteiger partial charge on any atom is 0.150 e. The molecule has 98 valence electrons. The van der Waals surface area contributed by atoms with Crippen LogP contribution < -0.4 is 0 Å². The fourth-order valence-electron chi connectivity index (χ4n) is 1.94. The van der Waals surface area contributed by atoms with E-state index in [-0.39, 0.29) is 5.92 Å². The lowest BCUT2D eigenvalue weighted by Crippen LogP contribution is -2.00. The molecule has 0 radical (unpaired) electrons. The lowest BCUT2D eigenvalue weighted by Gasteiger charge is -2.07. The Labute approximate surface area is 125 Å². The maximum absolute atomic E-state index is 9.23. The molecule has 0 unspecified atom stereocenters. The molecule has 1 heterocycles. The van der Waals surface area contributed by atoms with E-state index in [1.165, 1.54) is 0 Å². The van der Waals surface area contributed by atoms with Gasteiger partial charge < -0.3 is 0 Å². The number of hydrogen-bond donors (Lipinski definition) is 0. The van der Waals surface area contributed by atoms with E-state index in [2.05, 4.69) is 27.1 Å². The fourth-order valence-corrected chi connectivity index (χ4v) is 2.68. The van der Waals surface area contributed by atoms with Gasteiger partial charge in [0.25, 0.3) is 0 Å². The third-order valence-corrected chi connectivity index (χ3v) is 3.74. The summed E-state index contributed by atoms with van der Waals surface area (Å²) in [4.78, 5) is 0. The van der Waals surface area contributed by atoms with Gasteiger partial charge in [-0.15, -0.1) is 0 Å². The second kappa shape index (κ2) is 5.36. The molecular formula is C14H13BrClN3. The van der Waals surface area contributed by atoms with Crippen LogP contribution >= 0.6 is 27.5 Å². The molecular weight excluding hydrogens is 326 g/mol. The largest absolute Gasteiger partial charge is 0.220 e. The summed E-state index contributed by atoms with van der Waals surface area (Å²) in [7, 11) is 0. The van der Waals surface area contributed by atoms with E-state index in [0.29, 0.717) is 10.7 Å². The molecule has 0 saturated heterocycles. The Morgan fingerprint density at radius 3 is 2.58 bits per heavy atom. The molecule has 1 aromatic carbocycles. The molecule has 0 fully saturated rings. The van der Waals surface area contributed by atoms with Gasteiger partial charge >= 0.3 is 0 Å². The molecule has 2 aromatic rings. The Kier molecular flexibility index (Phi) is 3.98. The van der Waals surface area contributed by atoms with Crippen LogP contribution in [0.25, 0.3) is 5.69 Å². The van der Waals surface area contributed by atoms with Gasteiger partial charge in [0, 0.05) is 4.47 Å². The van der Waals surface area contributed by atoms with Gasteiger partial charge in [-0.05, 0) is 36.6 Å². The second-order valence-electron chi connectivity index (χ2n) is 4.66. The fraction of sp³-hybridized carbons (Fsp3) is 0.286. The highest BCUT2D eigenvalue weighted by molar-refractivity contribution is 9.10. The molecule has 0 N–H and O–H groups in total. The van der Waals surface area contributed by atoms with E-state index in [1.807, 2.05) is 39.0 Å². The Morgan fingerprint density at radius 2 is 2.11 bits per heavy atom. The summed E-state index contributed by atoms with van der Waals surface area (Å²) in [5.41, 5.74) is 3.11. The summed E-state index contributed by atoms with van der Waals surface area (Å²) in [6, 6.07) is 8.00. The van der Waals surface area contributed by atoms with Crippen molar-refractivity contribution < 1.29 is 0 Å². The van der Waals surface area contributed by atoms with Crippen LogP contribution in [0.3, 0.4) is 0 Å². The van der Waals surface area contributed by atoms with E-state index in [1.54, 1.807) is 4.68 Å². The normalized spacial score (nSPS) is 10.8. The Morgan fingerprint density at radius 1 is 1.42 bits per heavy atom. The lowest BCUT2D eigenvalue weighted by atomic mass is 10.1. The molecule has 0 bridgehead atoms. The van der Waals surface area contributed by atoms with Crippen LogP contribution in [-0.2, 0) is 0 Å². The molecule has 1 aromatic heterocycles. The summed E-state index contributed by atoms with van der Waals surface area (Å²) in [6.07, 6.45) is 0. The molecule has 0 atom stereocenters. The molecule has 0 saturated carbocycles. The molecule has 0 amide bonds. The van der Waals surface area contributed by atoms with Crippen molar-refractivity contribution in [2.24, 2.45) is 0 Å². The van der Waals surface area contributed by atoms with E-state index >= 15 is 0 Å². The number of rotatable bonds is 2. The zero-order valence-electron chi connectivity index (χ0n) is 10.9. The quantitative estimate of drug-likeness (QED) is 0.803. The average molecular weight is 339 g/mol. The Balaban J connectivity index is 2.67. The standard InChI is InChI=1S/C14H13BrClN3/c1-8(2)13-11(7-17)14(16)19(18-13)12-5-4-10(15)6-9(12)3/h4-6,8H,1-3H3. The number of nitriles is 1. The number of benzene rings is 1. The van der Waals surface area contributed by atoms with Crippen molar-refractivity contribution in [3.8, 4) is 11.8 Å². The van der Waals surface area contributed by atoms with Gasteiger partial charge in [0.15, 0.2) is 5.15 Å². The molecule has 3 nitrogen and oxygen atoms in total. The molecule has 0 aliphatic heterocycles. The van der Waals surface area contributed by atoms with Crippen molar-refractivity contribution >= 4 is 27.5 Å². The van der Waals surface area contributed by atoms with E-state index in [4.69, 9.17) is 11.6 Å². The molecule has 0 aliphatic rings. The molecule has 0 aliphatic carbocycles. The van der Waals surface area contributed by atoms with Crippen LogP contribution in [0.15, 0.2) is 22.7 Å². The zero-order chi connectivity index (χ0) is 14.2. The number of hydrogen-bond acceptors (Lipinski definition) is 2. The number of aryl methyl sites for hydroxylation is 1. The van der Waals surface area contributed by atoms with Crippen molar-refractivity contribution in [3.63, 3.8) is 0 Å². The number of aromatic nitrogens is 2. The Hall–Kier alpha value is -1.31. The van der Waals surface area contributed by atoms with Gasteiger partial charge in [0.05, 0.1) is 11.4 Å². The van der Waals surface area contributed by atoms with E-state index in [0.717, 1.165) is 21.4 Å². The predicted molar refractivity (Wildman–Crippen MR) is 79.8 cm³/mol. The summed E-state index contributed by atoms with van der Waals surface area (Å²) < 4.78 is 2.64. The second-order valence-corrected chi connectivity index (χ2v) is 5.93. The van der Waals surface area contributed by atoms with Crippen molar-refractivity contribution in [2.45, 2.75) is 26.7 Å². The first-order valence-corrected chi connectivity index (χ1v) is 7.07. The van der Waals surface area contributed by atoms with Gasteiger partial charge in [-0.1, -0.05) is 41.4 Å². The van der Waals surface area contributed by atoms with Crippen molar-refractivity contribution in [3.05, 3.63) is 44.6 Å².